The molecule has 1 atom stereocenters. The molecule has 8 heteroatoms. The molecule has 0 spiro atoms. The molecule has 0 saturated carbocycles. The van der Waals surface area contributed by atoms with Gasteiger partial charge in [0.25, 0.3) is 11.7 Å². The van der Waals surface area contributed by atoms with E-state index in [1.165, 1.54) is 12.1 Å². The monoisotopic (exact) mass is 460 g/mol. The van der Waals surface area contributed by atoms with Gasteiger partial charge in [-0.25, -0.2) is 0 Å². The van der Waals surface area contributed by atoms with E-state index < -0.39 is 11.8 Å². The van der Waals surface area contributed by atoms with Gasteiger partial charge in [0.1, 0.15) is 0 Å². The fraction of sp³-hybridized carbons (Fsp3) is 0.130. The zero-order chi connectivity index (χ0) is 22.2. The van der Waals surface area contributed by atoms with E-state index in [2.05, 4.69) is 10.6 Å². The molecule has 3 aromatic carbocycles. The van der Waals surface area contributed by atoms with Crippen molar-refractivity contribution in [2.45, 2.75) is 23.1 Å². The van der Waals surface area contributed by atoms with E-state index in [1.54, 1.807) is 36.4 Å². The normalized spacial score (nSPS) is 11.7. The number of halogens is 3. The van der Waals surface area contributed by atoms with Gasteiger partial charge in [-0.1, -0.05) is 65.8 Å². The van der Waals surface area contributed by atoms with E-state index in [-0.39, 0.29) is 18.2 Å². The Labute approximate surface area is 188 Å². The van der Waals surface area contributed by atoms with Gasteiger partial charge < -0.3 is 10.6 Å². The average molecular weight is 461 g/mol. The van der Waals surface area contributed by atoms with Crippen LogP contribution in [-0.4, -0.2) is 17.6 Å². The van der Waals surface area contributed by atoms with Crippen LogP contribution >= 0.6 is 23.4 Å². The van der Waals surface area contributed by atoms with Crippen LogP contribution in [0.3, 0.4) is 0 Å². The second-order valence-corrected chi connectivity index (χ2v) is 8.04. The summed E-state index contributed by atoms with van der Waals surface area (Å²) >= 11 is 6.55. The highest BCUT2D eigenvalue weighted by Crippen LogP contribution is 2.26. The summed E-state index contributed by atoms with van der Waals surface area (Å²) in [7, 11) is 0. The first-order chi connectivity index (χ1) is 14.9. The lowest BCUT2D eigenvalue weighted by atomic mass is 10.0. The van der Waals surface area contributed by atoms with Crippen LogP contribution in [0.5, 0.6) is 0 Å². The predicted octanol–water partition coefficient (Wildman–Crippen LogP) is 6.15. The summed E-state index contributed by atoms with van der Waals surface area (Å²) in [5.74, 6) is -3.22. The van der Waals surface area contributed by atoms with E-state index >= 15 is 0 Å². The van der Waals surface area contributed by atoms with Crippen molar-refractivity contribution in [1.82, 2.24) is 5.32 Å². The Hall–Kier alpha value is -2.90. The number of carbonyl (C=O) groups is 2. The Balaban J connectivity index is 1.70. The average Bonchev–Trinajstić information content (AvgIpc) is 2.75. The van der Waals surface area contributed by atoms with Crippen molar-refractivity contribution in [1.29, 1.82) is 0 Å². The smallest absolute Gasteiger partial charge is 0.288 e. The molecule has 0 fully saturated rings. The summed E-state index contributed by atoms with van der Waals surface area (Å²) in [5, 5.41) is 5.92. The summed E-state index contributed by atoms with van der Waals surface area (Å²) < 4.78 is 24.9. The number of rotatable bonds is 8. The first kappa shape index (κ1) is 22.8. The molecule has 0 bridgehead atoms. The van der Waals surface area contributed by atoms with Crippen molar-refractivity contribution in [3.8, 4) is 0 Å². The number of nitrogens with one attached hydrogen (secondary N) is 2. The van der Waals surface area contributed by atoms with Gasteiger partial charge in [-0.05, 0) is 42.0 Å². The fourth-order valence-electron chi connectivity index (χ4n) is 2.94. The maximum absolute atomic E-state index is 12.7. The highest BCUT2D eigenvalue weighted by Gasteiger charge is 2.20. The molecule has 3 rings (SSSR count). The van der Waals surface area contributed by atoms with Crippen molar-refractivity contribution in [2.75, 3.05) is 5.32 Å². The van der Waals surface area contributed by atoms with Crippen LogP contribution in [0.15, 0.2) is 83.8 Å². The first-order valence-electron chi connectivity index (χ1n) is 9.37. The number of hydrogen-bond donors (Lipinski definition) is 2. The minimum Gasteiger partial charge on any atom is -0.345 e. The number of benzene rings is 3. The summed E-state index contributed by atoms with van der Waals surface area (Å²) in [6.45, 7) is 0. The van der Waals surface area contributed by atoms with E-state index in [0.717, 1.165) is 5.56 Å². The Morgan fingerprint density at radius 1 is 0.903 bits per heavy atom. The molecule has 0 aromatic heterocycles. The molecule has 0 heterocycles. The molecule has 0 aliphatic carbocycles. The quantitative estimate of drug-likeness (QED) is 0.396. The molecule has 160 valence electrons. The van der Waals surface area contributed by atoms with Gasteiger partial charge in [-0.2, -0.15) is 8.78 Å². The molecule has 0 aliphatic heterocycles. The molecule has 0 radical (unpaired) electrons. The molecular formula is C23H19ClF2N2O2S. The van der Waals surface area contributed by atoms with Gasteiger partial charge in [-0.3, -0.25) is 9.59 Å². The SMILES string of the molecule is O=C(C[C@H](NC(=O)c1ccccc1Cl)c1ccccc1)Nc1ccc(SC(F)F)cc1. The third-order valence-corrected chi connectivity index (χ3v) is 5.43. The van der Waals surface area contributed by atoms with Crippen LogP contribution in [0.2, 0.25) is 5.02 Å². The highest BCUT2D eigenvalue weighted by molar-refractivity contribution is 7.99. The molecule has 0 saturated heterocycles. The molecule has 3 aromatic rings. The zero-order valence-corrected chi connectivity index (χ0v) is 17.8. The van der Waals surface area contributed by atoms with Gasteiger partial charge in [0.2, 0.25) is 5.91 Å². The summed E-state index contributed by atoms with van der Waals surface area (Å²) in [6, 6.07) is 21.4. The maximum atomic E-state index is 12.7. The van der Waals surface area contributed by atoms with Crippen LogP contribution < -0.4 is 10.6 Å². The lowest BCUT2D eigenvalue weighted by Crippen LogP contribution is -2.31. The standard InChI is InChI=1S/C23H19ClF2N2O2S/c24-19-9-5-4-8-18(19)22(30)28-20(15-6-2-1-3-7-15)14-21(29)27-16-10-12-17(13-11-16)31-23(25)26/h1-13,20,23H,14H2,(H,27,29)(H,28,30)/t20-/m0/s1. The van der Waals surface area contributed by atoms with E-state index in [4.69, 9.17) is 11.6 Å². The highest BCUT2D eigenvalue weighted by atomic mass is 35.5. The molecule has 2 amide bonds. The third-order valence-electron chi connectivity index (χ3n) is 4.38. The maximum Gasteiger partial charge on any atom is 0.288 e. The van der Waals surface area contributed by atoms with Gasteiger partial charge in [-0.15, -0.1) is 0 Å². The first-order valence-corrected chi connectivity index (χ1v) is 10.6. The van der Waals surface area contributed by atoms with E-state index in [1.807, 2.05) is 30.3 Å². The van der Waals surface area contributed by atoms with Crippen molar-refractivity contribution in [3.63, 3.8) is 0 Å². The lowest BCUT2D eigenvalue weighted by molar-refractivity contribution is -0.116. The molecule has 0 unspecified atom stereocenters. The van der Waals surface area contributed by atoms with Crippen molar-refractivity contribution in [3.05, 3.63) is 95.0 Å². The summed E-state index contributed by atoms with van der Waals surface area (Å²) in [4.78, 5) is 25.8. The minimum atomic E-state index is -2.51. The van der Waals surface area contributed by atoms with E-state index in [9.17, 15) is 18.4 Å². The number of alkyl halides is 2. The Bertz CT molecular complexity index is 1030. The second kappa shape index (κ2) is 10.9. The molecule has 2 N–H and O–H groups in total. The lowest BCUT2D eigenvalue weighted by Gasteiger charge is -2.19. The fourth-order valence-corrected chi connectivity index (χ4v) is 3.66. The Morgan fingerprint density at radius 2 is 1.55 bits per heavy atom. The van der Waals surface area contributed by atoms with Gasteiger partial charge in [0.05, 0.1) is 23.0 Å². The van der Waals surface area contributed by atoms with Crippen LogP contribution in [0, 0.1) is 0 Å². The van der Waals surface area contributed by atoms with Gasteiger partial charge in [0, 0.05) is 10.6 Å². The summed E-state index contributed by atoms with van der Waals surface area (Å²) in [6.07, 6.45) is -0.0201. The molecular weight excluding hydrogens is 442 g/mol. The second-order valence-electron chi connectivity index (χ2n) is 6.57. The van der Waals surface area contributed by atoms with Crippen LogP contribution in [0.1, 0.15) is 28.4 Å². The van der Waals surface area contributed by atoms with E-state index in [0.29, 0.717) is 32.9 Å². The Kier molecular flexibility index (Phi) is 8.03. The molecule has 4 nitrogen and oxygen atoms in total. The summed E-state index contributed by atoms with van der Waals surface area (Å²) in [5.41, 5.74) is 1.56. The van der Waals surface area contributed by atoms with Crippen LogP contribution in [0.4, 0.5) is 14.5 Å². The van der Waals surface area contributed by atoms with Crippen LogP contribution in [-0.2, 0) is 4.79 Å². The number of thioether (sulfide) groups is 1. The number of anilines is 1. The molecule has 31 heavy (non-hydrogen) atoms. The minimum absolute atomic E-state index is 0.0201. The number of carbonyl (C=O) groups excluding carboxylic acids is 2. The largest absolute Gasteiger partial charge is 0.345 e. The van der Waals surface area contributed by atoms with Crippen molar-refractivity contribution in [2.24, 2.45) is 0 Å². The predicted molar refractivity (Wildman–Crippen MR) is 120 cm³/mol. The van der Waals surface area contributed by atoms with Crippen molar-refractivity contribution < 1.29 is 18.4 Å². The van der Waals surface area contributed by atoms with Crippen molar-refractivity contribution >= 4 is 40.9 Å². The zero-order valence-electron chi connectivity index (χ0n) is 16.2. The van der Waals surface area contributed by atoms with Crippen LogP contribution in [0.25, 0.3) is 0 Å². The topological polar surface area (TPSA) is 58.2 Å². The number of amides is 2. The van der Waals surface area contributed by atoms with Gasteiger partial charge in [0.15, 0.2) is 0 Å². The third kappa shape index (κ3) is 6.80. The Morgan fingerprint density at radius 3 is 2.19 bits per heavy atom. The van der Waals surface area contributed by atoms with Gasteiger partial charge >= 0.3 is 0 Å². The molecule has 0 aliphatic rings. The number of hydrogen-bond acceptors (Lipinski definition) is 3.